The van der Waals surface area contributed by atoms with Crippen molar-refractivity contribution >= 4 is 88.9 Å². The summed E-state index contributed by atoms with van der Waals surface area (Å²) in [5.41, 5.74) is 0.858. The minimum absolute atomic E-state index is 0.211. The lowest BCUT2D eigenvalue weighted by Gasteiger charge is -2.31. The second-order valence-electron chi connectivity index (χ2n) is 19.0. The van der Waals surface area contributed by atoms with E-state index in [-0.39, 0.29) is 45.9 Å². The van der Waals surface area contributed by atoms with Crippen LogP contribution in [0.4, 0.5) is 48.5 Å². The molecule has 0 atom stereocenters. The molecule has 0 saturated carbocycles. The monoisotopic (exact) mass is 1160 g/mol. The largest absolute Gasteiger partial charge is 0.448 e. The summed E-state index contributed by atoms with van der Waals surface area (Å²) in [6, 6.07) is 14.1. The lowest BCUT2D eigenvalue weighted by atomic mass is 9.88. The fourth-order valence-electron chi connectivity index (χ4n) is 7.96. The molecule has 0 aliphatic carbocycles. The van der Waals surface area contributed by atoms with Crippen molar-refractivity contribution in [3.05, 3.63) is 103 Å². The Morgan fingerprint density at radius 1 is 0.429 bits per heavy atom. The number of anilines is 3. The second-order valence-corrected chi connectivity index (χ2v) is 19.0. The smallest absolute Gasteiger partial charge is 0.411 e. The fourth-order valence-corrected chi connectivity index (χ4v) is 7.96. The Morgan fingerprint density at radius 2 is 0.702 bits per heavy atom. The van der Waals surface area contributed by atoms with E-state index in [9.17, 15) is 57.5 Å². The van der Waals surface area contributed by atoms with Gasteiger partial charge in [-0.15, -0.1) is 0 Å². The maximum absolute atomic E-state index is 13.0. The molecule has 0 spiro atoms. The van der Waals surface area contributed by atoms with Crippen molar-refractivity contribution in [2.75, 3.05) is 55.4 Å². The third-order valence-corrected chi connectivity index (χ3v) is 12.9. The predicted molar refractivity (Wildman–Crippen MR) is 308 cm³/mol. The standard InChI is InChI=1S/C33H32N6O9.C24H36N6O6/c1-5-33(15-46-30(43)37-24-9-6-21(2)27(12-24)34-18-40,16-47-31(44)38-25-10-7-22(3)28(13-25)35-19-41)17-48-32(45)39-26-11-8-23(4)29(14-26)36-20-42;31-19-25-13-7-1-4-10-16-28-22(34)29(17-11-5-2-8-14-26-20-32)24(36)30(23(28)35)18-12-6-3-9-15-27-21-33/h6-14H,5,15-17H2,1-4H3,(H,37,43)(H,38,44)(H,39,45);1-18H2. The first-order chi connectivity index (χ1) is 40.6. The minimum Gasteiger partial charge on any atom is -0.448 e. The lowest BCUT2D eigenvalue weighted by molar-refractivity contribution is -0.0104. The van der Waals surface area contributed by atoms with E-state index in [0.29, 0.717) is 89.7 Å². The molecular weight excluding hydrogens is 1090 g/mol. The molecular formula is C57H68N12O15. The van der Waals surface area contributed by atoms with Gasteiger partial charge in [0, 0.05) is 36.7 Å². The molecule has 3 amide bonds. The van der Waals surface area contributed by atoms with Crippen molar-refractivity contribution in [1.82, 2.24) is 13.7 Å². The summed E-state index contributed by atoms with van der Waals surface area (Å²) in [6.45, 7) is 7.70. The summed E-state index contributed by atoms with van der Waals surface area (Å²) in [4.78, 5) is 161. The van der Waals surface area contributed by atoms with Gasteiger partial charge in [0.25, 0.3) is 0 Å². The summed E-state index contributed by atoms with van der Waals surface area (Å²) < 4.78 is 19.8. The number of aliphatic imine (C=N–C) groups is 6. The van der Waals surface area contributed by atoms with Crippen LogP contribution < -0.4 is 33.0 Å². The van der Waals surface area contributed by atoms with E-state index in [1.54, 1.807) is 64.1 Å². The molecule has 0 aliphatic heterocycles. The van der Waals surface area contributed by atoms with E-state index in [4.69, 9.17) is 14.2 Å². The number of aryl methyl sites for hydroxylation is 3. The highest BCUT2D eigenvalue weighted by atomic mass is 16.6. The molecule has 4 rings (SSSR count). The van der Waals surface area contributed by atoms with E-state index in [1.165, 1.54) is 54.7 Å². The Bertz CT molecular complexity index is 2980. The Labute approximate surface area is 482 Å². The van der Waals surface area contributed by atoms with Gasteiger partial charge in [-0.1, -0.05) is 63.6 Å². The summed E-state index contributed by atoms with van der Waals surface area (Å²) in [6.07, 6.45) is 15.1. The van der Waals surface area contributed by atoms with E-state index >= 15 is 0 Å². The van der Waals surface area contributed by atoms with Crippen molar-refractivity contribution in [3.8, 4) is 0 Å². The summed E-state index contributed by atoms with van der Waals surface area (Å²) in [5.74, 6) is 0. The molecule has 3 N–H and O–H groups in total. The van der Waals surface area contributed by atoms with Crippen LogP contribution in [0, 0.1) is 26.2 Å². The maximum atomic E-state index is 13.0. The zero-order chi connectivity index (χ0) is 61.5. The van der Waals surface area contributed by atoms with Crippen LogP contribution >= 0.6 is 0 Å². The van der Waals surface area contributed by atoms with Gasteiger partial charge in [-0.25, -0.2) is 86.2 Å². The quantitative estimate of drug-likeness (QED) is 0.0170. The zero-order valence-corrected chi connectivity index (χ0v) is 47.4. The zero-order valence-electron chi connectivity index (χ0n) is 47.4. The number of amides is 3. The Balaban J connectivity index is 0.000000460. The van der Waals surface area contributed by atoms with E-state index in [1.807, 2.05) is 0 Å². The highest BCUT2D eigenvalue weighted by Crippen LogP contribution is 2.28. The molecule has 4 aromatic rings. The van der Waals surface area contributed by atoms with Gasteiger partial charge in [0.05, 0.1) is 42.1 Å². The second kappa shape index (κ2) is 38.7. The molecule has 27 heteroatoms. The number of hydrogen-bond donors (Lipinski definition) is 3. The summed E-state index contributed by atoms with van der Waals surface area (Å²) >= 11 is 0. The van der Waals surface area contributed by atoms with Crippen molar-refractivity contribution in [1.29, 1.82) is 0 Å². The van der Waals surface area contributed by atoms with Crippen molar-refractivity contribution < 1.29 is 57.4 Å². The Hall–Kier alpha value is -9.84. The number of isocyanates is 6. The first-order valence-corrected chi connectivity index (χ1v) is 27.0. The van der Waals surface area contributed by atoms with Gasteiger partial charge in [-0.05, 0) is 119 Å². The van der Waals surface area contributed by atoms with E-state index in [2.05, 4.69) is 45.9 Å². The SMILES string of the molecule is CCC(COC(=O)Nc1ccc(C)c(N=C=O)c1)(COC(=O)Nc1ccc(C)c(N=C=O)c1)COC(=O)Nc1ccc(C)c(N=C=O)c1.O=C=NCCCCCCn1c(=O)n(CCCCCCN=C=O)c(=O)n(CCCCCCN=C=O)c1=O. The van der Waals surface area contributed by atoms with Crippen LogP contribution in [0.5, 0.6) is 0 Å². The molecule has 27 nitrogen and oxygen atoms in total. The number of aromatic nitrogens is 3. The molecule has 0 fully saturated rings. The van der Waals surface area contributed by atoms with Crippen molar-refractivity contribution in [3.63, 3.8) is 0 Å². The number of hydrogen-bond acceptors (Lipinski definition) is 21. The van der Waals surface area contributed by atoms with Gasteiger partial charge in [-0.2, -0.15) is 15.0 Å². The van der Waals surface area contributed by atoms with Gasteiger partial charge in [0.15, 0.2) is 0 Å². The van der Waals surface area contributed by atoms with E-state index in [0.717, 1.165) is 71.5 Å². The molecule has 0 unspecified atom stereocenters. The molecule has 3 aromatic carbocycles. The van der Waals surface area contributed by atoms with Crippen molar-refractivity contribution in [2.45, 2.75) is 131 Å². The van der Waals surface area contributed by atoms with Crippen LogP contribution in [0.15, 0.2) is 98.9 Å². The molecule has 0 aliphatic rings. The molecule has 0 bridgehead atoms. The van der Waals surface area contributed by atoms with Crippen LogP contribution in [0.25, 0.3) is 0 Å². The molecule has 1 aromatic heterocycles. The number of benzene rings is 3. The van der Waals surface area contributed by atoms with Crippen molar-refractivity contribution in [2.24, 2.45) is 35.4 Å². The van der Waals surface area contributed by atoms with Crippen LogP contribution in [-0.4, -0.2) is 108 Å². The summed E-state index contributed by atoms with van der Waals surface area (Å²) in [7, 11) is 0. The highest BCUT2D eigenvalue weighted by molar-refractivity contribution is 5.87. The number of carbonyl (C=O) groups excluding carboxylic acids is 9. The number of nitrogens with one attached hydrogen (secondary N) is 3. The lowest BCUT2D eigenvalue weighted by Crippen LogP contribution is -2.54. The average molecular weight is 1160 g/mol. The minimum atomic E-state index is -1.22. The average Bonchev–Trinajstić information content (AvgIpc) is 3.58. The first-order valence-electron chi connectivity index (χ1n) is 27.0. The number of carbonyl (C=O) groups is 3. The topological polar surface area (TPSA) is 358 Å². The predicted octanol–water partition coefficient (Wildman–Crippen LogP) is 8.82. The number of rotatable bonds is 34. The van der Waals surface area contributed by atoms with Gasteiger partial charge >= 0.3 is 35.3 Å². The maximum Gasteiger partial charge on any atom is 0.411 e. The third kappa shape index (κ3) is 24.5. The Morgan fingerprint density at radius 3 is 0.952 bits per heavy atom. The number of nitrogens with zero attached hydrogens (tertiary/aromatic N) is 9. The van der Waals surface area contributed by atoms with Gasteiger partial charge in [0.1, 0.15) is 19.8 Å². The highest BCUT2D eigenvalue weighted by Gasteiger charge is 2.35. The first kappa shape index (κ1) is 68.4. The van der Waals surface area contributed by atoms with Crippen LogP contribution in [0.3, 0.4) is 0 Å². The van der Waals surface area contributed by atoms with Crippen LogP contribution in [0.2, 0.25) is 0 Å². The molecule has 84 heavy (non-hydrogen) atoms. The molecule has 446 valence electrons. The fraction of sp³-hybridized carbons (Fsp3) is 0.474. The normalized spacial score (nSPS) is 10.9. The molecule has 1 heterocycles. The van der Waals surface area contributed by atoms with Gasteiger partial charge in [-0.3, -0.25) is 16.0 Å². The number of unbranched alkanes of at least 4 members (excludes halogenated alkanes) is 9. The van der Waals surface area contributed by atoms with Crippen LogP contribution in [-0.2, 0) is 62.6 Å². The molecule has 0 saturated heterocycles. The van der Waals surface area contributed by atoms with Crippen LogP contribution in [0.1, 0.15) is 107 Å². The molecule has 0 radical (unpaired) electrons. The Kier molecular flexibility index (Phi) is 31.6. The van der Waals surface area contributed by atoms with Gasteiger partial charge < -0.3 is 14.2 Å². The number of ether oxygens (including phenoxy) is 3. The third-order valence-electron chi connectivity index (χ3n) is 12.9. The van der Waals surface area contributed by atoms with E-state index < -0.39 is 40.8 Å². The summed E-state index contributed by atoms with van der Waals surface area (Å²) in [5, 5.41) is 7.61. The van der Waals surface area contributed by atoms with Gasteiger partial charge in [0.2, 0.25) is 36.5 Å².